The smallest absolute Gasteiger partial charge is 0.234 e. The summed E-state index contributed by atoms with van der Waals surface area (Å²) in [4.78, 5) is 4.66. The van der Waals surface area contributed by atoms with Crippen LogP contribution in [0.4, 0.5) is 0 Å². The Kier molecular flexibility index (Phi) is 3.84. The van der Waals surface area contributed by atoms with E-state index in [2.05, 4.69) is 45.8 Å². The van der Waals surface area contributed by atoms with Crippen molar-refractivity contribution in [1.29, 1.82) is 0 Å². The number of aromatic nitrogens is 2. The van der Waals surface area contributed by atoms with Crippen molar-refractivity contribution in [3.8, 4) is 11.4 Å². The maximum absolute atomic E-state index is 5.95. The molecule has 0 aliphatic heterocycles. The van der Waals surface area contributed by atoms with Gasteiger partial charge in [0.05, 0.1) is 5.41 Å². The molecule has 0 bridgehead atoms. The highest BCUT2D eigenvalue weighted by atomic mass is 35.5. The van der Waals surface area contributed by atoms with E-state index in [4.69, 9.17) is 16.1 Å². The molecule has 2 saturated carbocycles. The van der Waals surface area contributed by atoms with Crippen molar-refractivity contribution >= 4 is 11.6 Å². The summed E-state index contributed by atoms with van der Waals surface area (Å²) in [5, 5.41) is 8.59. The maximum atomic E-state index is 5.95. The number of benzene rings is 2. The van der Waals surface area contributed by atoms with Crippen LogP contribution in [0, 0.1) is 0 Å². The molecule has 2 aliphatic carbocycles. The Morgan fingerprint density at radius 1 is 1.08 bits per heavy atom. The zero-order valence-corrected chi connectivity index (χ0v) is 15.1. The highest BCUT2D eigenvalue weighted by Gasteiger charge is 2.51. The Morgan fingerprint density at radius 3 is 2.58 bits per heavy atom. The van der Waals surface area contributed by atoms with Crippen LogP contribution in [0.2, 0.25) is 5.02 Å². The first-order chi connectivity index (χ1) is 12.7. The standard InChI is InChI=1S/C21H20ClN3O/c22-16-8-6-15(7-9-16)19-24-20(26-25-19)21(10-11-21)13-23-18-12-17(18)14-4-2-1-3-5-14/h1-9,17-18,23H,10-13H2/t17?,18-/m0/s1. The minimum Gasteiger partial charge on any atom is -0.338 e. The van der Waals surface area contributed by atoms with Gasteiger partial charge in [0.1, 0.15) is 0 Å². The van der Waals surface area contributed by atoms with Gasteiger partial charge in [-0.2, -0.15) is 4.98 Å². The highest BCUT2D eigenvalue weighted by molar-refractivity contribution is 6.30. The Morgan fingerprint density at radius 2 is 1.85 bits per heavy atom. The number of halogens is 1. The first-order valence-corrected chi connectivity index (χ1v) is 9.50. The molecular weight excluding hydrogens is 346 g/mol. The Balaban J connectivity index is 1.24. The second-order valence-corrected chi connectivity index (χ2v) is 7.89. The fourth-order valence-electron chi connectivity index (χ4n) is 3.59. The van der Waals surface area contributed by atoms with Crippen molar-refractivity contribution < 1.29 is 4.52 Å². The predicted molar refractivity (Wildman–Crippen MR) is 101 cm³/mol. The first kappa shape index (κ1) is 16.0. The van der Waals surface area contributed by atoms with E-state index < -0.39 is 0 Å². The van der Waals surface area contributed by atoms with Gasteiger partial charge >= 0.3 is 0 Å². The third kappa shape index (κ3) is 3.04. The van der Waals surface area contributed by atoms with Crippen molar-refractivity contribution in [3.05, 3.63) is 71.1 Å². The number of hydrogen-bond acceptors (Lipinski definition) is 4. The maximum Gasteiger partial charge on any atom is 0.234 e. The molecule has 26 heavy (non-hydrogen) atoms. The van der Waals surface area contributed by atoms with Gasteiger partial charge in [-0.3, -0.25) is 0 Å². The van der Waals surface area contributed by atoms with Gasteiger partial charge in [-0.05, 0) is 49.1 Å². The topological polar surface area (TPSA) is 51.0 Å². The summed E-state index contributed by atoms with van der Waals surface area (Å²) < 4.78 is 5.61. The summed E-state index contributed by atoms with van der Waals surface area (Å²) in [5.74, 6) is 2.03. The van der Waals surface area contributed by atoms with Crippen LogP contribution >= 0.6 is 11.6 Å². The molecule has 0 spiro atoms. The molecule has 2 fully saturated rings. The van der Waals surface area contributed by atoms with Crippen molar-refractivity contribution in [2.45, 2.75) is 36.6 Å². The normalized spacial score (nSPS) is 23.0. The van der Waals surface area contributed by atoms with Gasteiger partial charge in [0.25, 0.3) is 0 Å². The predicted octanol–water partition coefficient (Wildman–Crippen LogP) is 4.57. The van der Waals surface area contributed by atoms with Crippen LogP contribution in [0.5, 0.6) is 0 Å². The van der Waals surface area contributed by atoms with Gasteiger partial charge in [0.2, 0.25) is 11.7 Å². The molecule has 2 aromatic carbocycles. The average Bonchev–Trinajstić information content (AvgIpc) is 3.59. The van der Waals surface area contributed by atoms with Crippen molar-refractivity contribution in [2.75, 3.05) is 6.54 Å². The molecule has 1 unspecified atom stereocenters. The van der Waals surface area contributed by atoms with E-state index >= 15 is 0 Å². The van der Waals surface area contributed by atoms with E-state index in [1.165, 1.54) is 12.0 Å². The molecule has 5 rings (SSSR count). The van der Waals surface area contributed by atoms with E-state index in [0.29, 0.717) is 22.8 Å². The molecule has 0 saturated heterocycles. The highest BCUT2D eigenvalue weighted by Crippen LogP contribution is 2.49. The van der Waals surface area contributed by atoms with Gasteiger partial charge < -0.3 is 9.84 Å². The lowest BCUT2D eigenvalue weighted by atomic mass is 10.1. The third-order valence-electron chi connectivity index (χ3n) is 5.56. The average molecular weight is 366 g/mol. The molecule has 0 amide bonds. The van der Waals surface area contributed by atoms with Crippen LogP contribution in [0.1, 0.15) is 36.6 Å². The fraction of sp³-hybridized carbons (Fsp3) is 0.333. The van der Waals surface area contributed by atoms with Crippen LogP contribution in [0.25, 0.3) is 11.4 Å². The van der Waals surface area contributed by atoms with E-state index in [-0.39, 0.29) is 5.41 Å². The lowest BCUT2D eigenvalue weighted by Gasteiger charge is -2.11. The quantitative estimate of drug-likeness (QED) is 0.695. The molecule has 1 heterocycles. The van der Waals surface area contributed by atoms with Crippen LogP contribution in [0.3, 0.4) is 0 Å². The molecule has 1 aromatic heterocycles. The van der Waals surface area contributed by atoms with Gasteiger partial charge in [-0.15, -0.1) is 0 Å². The number of hydrogen-bond donors (Lipinski definition) is 1. The summed E-state index contributed by atoms with van der Waals surface area (Å²) in [7, 11) is 0. The van der Waals surface area contributed by atoms with Crippen molar-refractivity contribution in [2.24, 2.45) is 0 Å². The van der Waals surface area contributed by atoms with Gasteiger partial charge in [-0.1, -0.05) is 47.1 Å². The van der Waals surface area contributed by atoms with Crippen LogP contribution in [0.15, 0.2) is 59.1 Å². The van der Waals surface area contributed by atoms with Crippen LogP contribution in [-0.4, -0.2) is 22.7 Å². The molecule has 5 heteroatoms. The minimum atomic E-state index is 0.0154. The van der Waals surface area contributed by atoms with E-state index in [9.17, 15) is 0 Å². The Bertz CT molecular complexity index is 903. The Labute approximate surface area is 157 Å². The van der Waals surface area contributed by atoms with Gasteiger partial charge in [-0.25, -0.2) is 0 Å². The molecule has 2 atom stereocenters. The van der Waals surface area contributed by atoms with E-state index in [0.717, 1.165) is 30.8 Å². The van der Waals surface area contributed by atoms with Crippen LogP contribution in [-0.2, 0) is 5.41 Å². The fourth-order valence-corrected chi connectivity index (χ4v) is 3.71. The summed E-state index contributed by atoms with van der Waals surface area (Å²) in [6.45, 7) is 0.906. The molecule has 4 nitrogen and oxygen atoms in total. The van der Waals surface area contributed by atoms with E-state index in [1.807, 2.05) is 24.3 Å². The molecule has 132 valence electrons. The molecule has 2 aliphatic rings. The summed E-state index contributed by atoms with van der Waals surface area (Å²) in [5.41, 5.74) is 2.37. The lowest BCUT2D eigenvalue weighted by molar-refractivity contribution is 0.338. The lowest BCUT2D eigenvalue weighted by Crippen LogP contribution is -2.29. The zero-order valence-electron chi connectivity index (χ0n) is 14.4. The molecule has 0 radical (unpaired) electrons. The van der Waals surface area contributed by atoms with Gasteiger partial charge in [0, 0.05) is 29.1 Å². The van der Waals surface area contributed by atoms with E-state index in [1.54, 1.807) is 0 Å². The zero-order chi connectivity index (χ0) is 17.6. The third-order valence-corrected chi connectivity index (χ3v) is 5.81. The first-order valence-electron chi connectivity index (χ1n) is 9.12. The van der Waals surface area contributed by atoms with Gasteiger partial charge in [0.15, 0.2) is 0 Å². The molecular formula is C21H20ClN3O. The van der Waals surface area contributed by atoms with Crippen LogP contribution < -0.4 is 5.32 Å². The molecule has 3 aromatic rings. The summed E-state index contributed by atoms with van der Waals surface area (Å²) in [6.07, 6.45) is 3.41. The van der Waals surface area contributed by atoms with Crippen molar-refractivity contribution in [1.82, 2.24) is 15.5 Å². The summed E-state index contributed by atoms with van der Waals surface area (Å²) >= 11 is 5.95. The monoisotopic (exact) mass is 365 g/mol. The molecule has 1 N–H and O–H groups in total. The number of nitrogens with zero attached hydrogens (tertiary/aromatic N) is 2. The second-order valence-electron chi connectivity index (χ2n) is 7.45. The largest absolute Gasteiger partial charge is 0.338 e. The summed E-state index contributed by atoms with van der Waals surface area (Å²) in [6, 6.07) is 18.8. The SMILES string of the molecule is Clc1ccc(-c2noc(C3(CN[C@H]4CC4c4ccccc4)CC3)n2)cc1. The number of nitrogens with one attached hydrogen (secondary N) is 1. The number of rotatable bonds is 6. The Hall–Kier alpha value is -2.17. The minimum absolute atomic E-state index is 0.0154. The second kappa shape index (κ2) is 6.22. The van der Waals surface area contributed by atoms with Crippen molar-refractivity contribution in [3.63, 3.8) is 0 Å².